The predicted octanol–water partition coefficient (Wildman–Crippen LogP) is 12.9. The zero-order chi connectivity index (χ0) is 37.1. The number of fused-ring (bicyclic) bond motifs is 3. The normalized spacial score (nSPS) is 11.9. The molecule has 0 aliphatic carbocycles. The van der Waals surface area contributed by atoms with Gasteiger partial charge in [-0.15, -0.1) is 18.2 Å². The summed E-state index contributed by atoms with van der Waals surface area (Å²) in [6, 6.07) is 50.8. The third-order valence-electron chi connectivity index (χ3n) is 10.2. The largest absolute Gasteiger partial charge is 0 e. The van der Waals surface area contributed by atoms with Crippen LogP contribution in [0.15, 0.2) is 144 Å². The van der Waals surface area contributed by atoms with E-state index in [4.69, 9.17) is 9.40 Å². The first-order chi connectivity index (χ1) is 25.6. The summed E-state index contributed by atoms with van der Waals surface area (Å²) in [5.41, 5.74) is 13.0. The number of aryl methyl sites for hydroxylation is 1. The smallest absolute Gasteiger partial charge is 0 e. The van der Waals surface area contributed by atoms with E-state index in [-0.39, 0.29) is 20.1 Å². The van der Waals surface area contributed by atoms with E-state index in [2.05, 4.69) is 177 Å². The van der Waals surface area contributed by atoms with E-state index in [0.29, 0.717) is 11.8 Å². The van der Waals surface area contributed by atoms with Crippen molar-refractivity contribution in [3.8, 4) is 44.8 Å². The second-order valence-corrected chi connectivity index (χ2v) is 25.8. The molecule has 0 fully saturated rings. The minimum Gasteiger partial charge on any atom is 0 e. The first kappa shape index (κ1) is 39.1. The molecule has 1 atom stereocenters. The van der Waals surface area contributed by atoms with E-state index < -0.39 is 13.3 Å². The minimum absolute atomic E-state index is 0. The second kappa shape index (κ2) is 16.8. The van der Waals surface area contributed by atoms with Crippen LogP contribution < -0.4 is 4.40 Å². The van der Waals surface area contributed by atoms with Gasteiger partial charge in [0, 0.05) is 31.7 Å². The van der Waals surface area contributed by atoms with E-state index in [0.717, 1.165) is 50.0 Å². The molecule has 5 heteroatoms. The molecule has 8 rings (SSSR count). The Morgan fingerprint density at radius 2 is 1.33 bits per heavy atom. The SMILES string of the molecule is CC(C)C(C)c1ccnc(-c2[c-]ccc3c2oc2cc(-c4ccccc4)ccc23)c1.Cc1cc(-c2[c-]cc(-c3ccccc3)cc2)nc[c]1[Ge]([CH3])([CH3])[CH3].[Ir]. The Morgan fingerprint density at radius 1 is 0.648 bits per heavy atom. The number of hydrogen-bond donors (Lipinski definition) is 0. The number of benzene rings is 5. The van der Waals surface area contributed by atoms with Crippen molar-refractivity contribution in [3.05, 3.63) is 163 Å². The van der Waals surface area contributed by atoms with Gasteiger partial charge in [-0.25, -0.2) is 0 Å². The summed E-state index contributed by atoms with van der Waals surface area (Å²) in [5, 5.41) is 2.22. The first-order valence-electron chi connectivity index (χ1n) is 18.5. The Morgan fingerprint density at radius 3 is 1.96 bits per heavy atom. The molecule has 0 spiro atoms. The van der Waals surface area contributed by atoms with Gasteiger partial charge >= 0.3 is 142 Å². The molecule has 273 valence electrons. The summed E-state index contributed by atoms with van der Waals surface area (Å²) in [5.74, 6) is 8.26. The van der Waals surface area contributed by atoms with Gasteiger partial charge in [0.25, 0.3) is 0 Å². The molecule has 0 saturated heterocycles. The van der Waals surface area contributed by atoms with Crippen molar-refractivity contribution >= 4 is 39.6 Å². The zero-order valence-corrected chi connectivity index (χ0v) is 36.6. The van der Waals surface area contributed by atoms with Crippen LogP contribution in [0.5, 0.6) is 0 Å². The van der Waals surface area contributed by atoms with E-state index in [1.165, 1.54) is 32.2 Å². The van der Waals surface area contributed by atoms with Crippen molar-refractivity contribution in [2.45, 2.75) is 50.9 Å². The standard InChI is InChI=1S/C28H24NO.C21H22GeN.Ir/c1-18(2)19(3)21-14-15-29-26(16-21)25-11-7-10-24-23-13-12-22(17-27(23)30-28(24)25)20-8-5-4-6-9-20;1-16-14-21(23-15-20(16)22(2,3)4)19-12-10-18(11-13-19)17-8-6-5-7-9-17;/h4-10,12-19H,1-3H3;5-12,14-15H,1-4H3;/q2*-1;. The van der Waals surface area contributed by atoms with Crippen LogP contribution in [0.1, 0.15) is 37.8 Å². The van der Waals surface area contributed by atoms with E-state index in [1.54, 1.807) is 0 Å². The topological polar surface area (TPSA) is 38.9 Å². The van der Waals surface area contributed by atoms with Crippen molar-refractivity contribution in [1.29, 1.82) is 0 Å². The summed E-state index contributed by atoms with van der Waals surface area (Å²) in [6.07, 6.45) is 3.98. The van der Waals surface area contributed by atoms with Crippen LogP contribution in [0.2, 0.25) is 17.3 Å². The second-order valence-electron chi connectivity index (χ2n) is 15.3. The molecule has 0 saturated carbocycles. The summed E-state index contributed by atoms with van der Waals surface area (Å²) < 4.78 is 7.86. The molecule has 0 aliphatic rings. The minimum atomic E-state index is -1.83. The maximum absolute atomic E-state index is 6.38. The molecule has 0 amide bonds. The van der Waals surface area contributed by atoms with Crippen molar-refractivity contribution in [2.75, 3.05) is 0 Å². The quantitative estimate of drug-likeness (QED) is 0.118. The molecule has 8 aromatic rings. The van der Waals surface area contributed by atoms with Gasteiger partial charge in [0.2, 0.25) is 0 Å². The van der Waals surface area contributed by atoms with Gasteiger partial charge in [-0.2, -0.15) is 0 Å². The van der Waals surface area contributed by atoms with Gasteiger partial charge in [-0.05, 0) is 40.8 Å². The first-order valence-corrected chi connectivity index (χ1v) is 25.8. The summed E-state index contributed by atoms with van der Waals surface area (Å²) in [7, 11) is 0. The third kappa shape index (κ3) is 8.52. The summed E-state index contributed by atoms with van der Waals surface area (Å²) >= 11 is -1.83. The number of furan rings is 1. The maximum Gasteiger partial charge on any atom is 0 e. The Kier molecular flexibility index (Phi) is 12.2. The molecule has 0 N–H and O–H groups in total. The van der Waals surface area contributed by atoms with Crippen molar-refractivity contribution in [2.24, 2.45) is 5.92 Å². The third-order valence-corrected chi connectivity index (χ3v) is 14.7. The van der Waals surface area contributed by atoms with Crippen LogP contribution in [0, 0.1) is 25.0 Å². The summed E-state index contributed by atoms with van der Waals surface area (Å²) in [6.45, 7) is 8.97. The van der Waals surface area contributed by atoms with Crippen LogP contribution in [0.25, 0.3) is 66.7 Å². The van der Waals surface area contributed by atoms with Crippen LogP contribution in [-0.4, -0.2) is 23.2 Å². The number of rotatable bonds is 7. The van der Waals surface area contributed by atoms with Gasteiger partial charge < -0.3 is 9.40 Å². The predicted molar refractivity (Wildman–Crippen MR) is 226 cm³/mol. The van der Waals surface area contributed by atoms with Crippen molar-refractivity contribution < 1.29 is 24.5 Å². The monoisotopic (exact) mass is 945 g/mol. The van der Waals surface area contributed by atoms with Gasteiger partial charge in [0.15, 0.2) is 0 Å². The molecule has 5 aromatic carbocycles. The van der Waals surface area contributed by atoms with Gasteiger partial charge in [0.05, 0.1) is 5.58 Å². The molecule has 0 bridgehead atoms. The summed E-state index contributed by atoms with van der Waals surface area (Å²) in [4.78, 5) is 9.34. The van der Waals surface area contributed by atoms with Crippen LogP contribution in [0.3, 0.4) is 0 Å². The zero-order valence-electron chi connectivity index (χ0n) is 32.1. The number of pyridine rings is 2. The number of hydrogen-bond acceptors (Lipinski definition) is 3. The average Bonchev–Trinajstić information content (AvgIpc) is 3.56. The molecule has 54 heavy (non-hydrogen) atoms. The number of aromatic nitrogens is 2. The van der Waals surface area contributed by atoms with E-state index in [1.807, 2.05) is 24.4 Å². The molecule has 3 aromatic heterocycles. The fraction of sp³-hybridized carbons (Fsp3) is 0.184. The van der Waals surface area contributed by atoms with Crippen molar-refractivity contribution in [3.63, 3.8) is 0 Å². The van der Waals surface area contributed by atoms with Crippen LogP contribution in [0.4, 0.5) is 0 Å². The van der Waals surface area contributed by atoms with E-state index in [9.17, 15) is 0 Å². The van der Waals surface area contributed by atoms with Crippen LogP contribution >= 0.6 is 0 Å². The van der Waals surface area contributed by atoms with Crippen LogP contribution in [-0.2, 0) is 20.1 Å². The fourth-order valence-corrected chi connectivity index (χ4v) is 10.5. The molecule has 0 aliphatic heterocycles. The Hall–Kier alpha value is -4.61. The Bertz CT molecular complexity index is 2480. The molecular formula is C49H46GeIrN2O-2. The Balaban J connectivity index is 0.000000187. The van der Waals surface area contributed by atoms with Gasteiger partial charge in [-0.3, -0.25) is 0 Å². The van der Waals surface area contributed by atoms with Gasteiger partial charge in [-0.1, -0.05) is 85.8 Å². The maximum atomic E-state index is 6.38. The Labute approximate surface area is 336 Å². The van der Waals surface area contributed by atoms with Crippen molar-refractivity contribution in [1.82, 2.24) is 9.97 Å². The number of nitrogens with zero attached hydrogens (tertiary/aromatic N) is 2. The van der Waals surface area contributed by atoms with Gasteiger partial charge in [0.1, 0.15) is 5.58 Å². The molecule has 3 heterocycles. The molecule has 3 nitrogen and oxygen atoms in total. The average molecular weight is 944 g/mol. The molecule has 1 unspecified atom stereocenters. The van der Waals surface area contributed by atoms with E-state index >= 15 is 0 Å². The molecular weight excluding hydrogens is 897 g/mol. The fourth-order valence-electron chi connectivity index (χ4n) is 6.88. The molecule has 1 radical (unpaired) electrons.